The van der Waals surface area contributed by atoms with E-state index in [-0.39, 0.29) is 18.3 Å². The lowest BCUT2D eigenvalue weighted by molar-refractivity contribution is 0.0949. The van der Waals surface area contributed by atoms with Crippen LogP contribution in [0.3, 0.4) is 0 Å². The SMILES string of the molecule is COc1cccc(Cl)c1CNC(=O)c1cccc2c1CCCN2.Cl. The highest BCUT2D eigenvalue weighted by molar-refractivity contribution is 6.31. The maximum Gasteiger partial charge on any atom is 0.251 e. The molecule has 0 atom stereocenters. The molecule has 2 N–H and O–H groups in total. The van der Waals surface area contributed by atoms with Gasteiger partial charge in [0, 0.05) is 34.9 Å². The van der Waals surface area contributed by atoms with Crippen LogP contribution in [0.5, 0.6) is 5.75 Å². The van der Waals surface area contributed by atoms with Gasteiger partial charge in [0.25, 0.3) is 5.91 Å². The van der Waals surface area contributed by atoms with Crippen molar-refractivity contribution in [3.8, 4) is 5.75 Å². The Morgan fingerprint density at radius 2 is 2.08 bits per heavy atom. The fraction of sp³-hybridized carbons (Fsp3) is 0.278. The Balaban J connectivity index is 0.00000208. The molecule has 2 aromatic carbocycles. The van der Waals surface area contributed by atoms with Crippen molar-refractivity contribution in [2.45, 2.75) is 19.4 Å². The van der Waals surface area contributed by atoms with Crippen molar-refractivity contribution in [2.75, 3.05) is 19.0 Å². The van der Waals surface area contributed by atoms with Crippen LogP contribution in [0.2, 0.25) is 5.02 Å². The van der Waals surface area contributed by atoms with Gasteiger partial charge in [-0.25, -0.2) is 0 Å². The van der Waals surface area contributed by atoms with E-state index < -0.39 is 0 Å². The molecule has 1 amide bonds. The molecule has 0 radical (unpaired) electrons. The van der Waals surface area contributed by atoms with Gasteiger partial charge in [-0.3, -0.25) is 4.79 Å². The van der Waals surface area contributed by atoms with Crippen molar-refractivity contribution >= 4 is 35.6 Å². The lowest BCUT2D eigenvalue weighted by atomic mass is 9.97. The van der Waals surface area contributed by atoms with Gasteiger partial charge in [-0.15, -0.1) is 12.4 Å². The second-order valence-electron chi connectivity index (χ2n) is 5.47. The molecule has 1 aliphatic rings. The molecule has 1 aliphatic heterocycles. The van der Waals surface area contributed by atoms with E-state index in [1.165, 1.54) is 0 Å². The van der Waals surface area contributed by atoms with Crippen molar-refractivity contribution < 1.29 is 9.53 Å². The fourth-order valence-corrected chi connectivity index (χ4v) is 3.12. The monoisotopic (exact) mass is 366 g/mol. The number of nitrogens with one attached hydrogen (secondary N) is 2. The highest BCUT2D eigenvalue weighted by Gasteiger charge is 2.18. The van der Waals surface area contributed by atoms with Gasteiger partial charge in [-0.05, 0) is 42.7 Å². The largest absolute Gasteiger partial charge is 0.496 e. The van der Waals surface area contributed by atoms with Crippen LogP contribution in [-0.4, -0.2) is 19.6 Å². The quantitative estimate of drug-likeness (QED) is 0.857. The zero-order valence-electron chi connectivity index (χ0n) is 13.4. The first-order valence-electron chi connectivity index (χ1n) is 7.66. The summed E-state index contributed by atoms with van der Waals surface area (Å²) >= 11 is 6.21. The lowest BCUT2D eigenvalue weighted by Gasteiger charge is -2.20. The highest BCUT2D eigenvalue weighted by Crippen LogP contribution is 2.27. The number of anilines is 1. The van der Waals surface area contributed by atoms with Crippen LogP contribution in [0.15, 0.2) is 36.4 Å². The summed E-state index contributed by atoms with van der Waals surface area (Å²) in [6.07, 6.45) is 1.96. The summed E-state index contributed by atoms with van der Waals surface area (Å²) in [6.45, 7) is 1.29. The third-order valence-electron chi connectivity index (χ3n) is 4.06. The average molecular weight is 367 g/mol. The maximum atomic E-state index is 12.6. The van der Waals surface area contributed by atoms with E-state index in [0.717, 1.165) is 41.8 Å². The highest BCUT2D eigenvalue weighted by atomic mass is 35.5. The summed E-state index contributed by atoms with van der Waals surface area (Å²) in [5, 5.41) is 6.87. The number of hydrogen-bond acceptors (Lipinski definition) is 3. The molecule has 0 saturated heterocycles. The summed E-state index contributed by atoms with van der Waals surface area (Å²) < 4.78 is 5.31. The predicted molar refractivity (Wildman–Crippen MR) is 99.7 cm³/mol. The molecule has 128 valence electrons. The van der Waals surface area contributed by atoms with Crippen LogP contribution in [0.4, 0.5) is 5.69 Å². The van der Waals surface area contributed by atoms with Crippen molar-refractivity contribution in [3.63, 3.8) is 0 Å². The van der Waals surface area contributed by atoms with E-state index >= 15 is 0 Å². The Morgan fingerprint density at radius 3 is 2.88 bits per heavy atom. The minimum Gasteiger partial charge on any atom is -0.496 e. The number of amides is 1. The number of carbonyl (C=O) groups excluding carboxylic acids is 1. The van der Waals surface area contributed by atoms with E-state index in [9.17, 15) is 4.79 Å². The summed E-state index contributed by atoms with van der Waals surface area (Å²) in [7, 11) is 1.59. The van der Waals surface area contributed by atoms with Crippen LogP contribution in [-0.2, 0) is 13.0 Å². The van der Waals surface area contributed by atoms with Gasteiger partial charge in [-0.2, -0.15) is 0 Å². The third kappa shape index (κ3) is 3.77. The molecule has 0 bridgehead atoms. The molecule has 0 aromatic heterocycles. The van der Waals surface area contributed by atoms with Gasteiger partial charge in [0.05, 0.1) is 7.11 Å². The van der Waals surface area contributed by atoms with Gasteiger partial charge in [0.15, 0.2) is 0 Å². The number of rotatable bonds is 4. The number of ether oxygens (including phenoxy) is 1. The van der Waals surface area contributed by atoms with Crippen LogP contribution >= 0.6 is 24.0 Å². The number of carbonyl (C=O) groups is 1. The van der Waals surface area contributed by atoms with Gasteiger partial charge in [0.1, 0.15) is 5.75 Å². The number of methoxy groups -OCH3 is 1. The molecule has 3 rings (SSSR count). The average Bonchev–Trinajstić information content (AvgIpc) is 2.59. The van der Waals surface area contributed by atoms with Crippen molar-refractivity contribution in [3.05, 3.63) is 58.1 Å². The first kappa shape index (κ1) is 18.4. The van der Waals surface area contributed by atoms with E-state index in [1.54, 1.807) is 13.2 Å². The van der Waals surface area contributed by atoms with Crippen molar-refractivity contribution in [2.24, 2.45) is 0 Å². The topological polar surface area (TPSA) is 50.4 Å². The van der Waals surface area contributed by atoms with E-state index in [4.69, 9.17) is 16.3 Å². The van der Waals surface area contributed by atoms with E-state index in [1.807, 2.05) is 30.3 Å². The van der Waals surface area contributed by atoms with Crippen LogP contribution < -0.4 is 15.4 Å². The smallest absolute Gasteiger partial charge is 0.251 e. The molecule has 0 unspecified atom stereocenters. The second kappa shape index (κ2) is 8.27. The molecule has 0 fully saturated rings. The molecular formula is C18H20Cl2N2O2. The van der Waals surface area contributed by atoms with Crippen LogP contribution in [0, 0.1) is 0 Å². The van der Waals surface area contributed by atoms with Gasteiger partial charge in [0.2, 0.25) is 0 Å². The molecule has 0 aliphatic carbocycles. The zero-order chi connectivity index (χ0) is 16.2. The van der Waals surface area contributed by atoms with Crippen molar-refractivity contribution in [1.29, 1.82) is 0 Å². The first-order valence-corrected chi connectivity index (χ1v) is 8.04. The fourth-order valence-electron chi connectivity index (χ4n) is 2.89. The van der Waals surface area contributed by atoms with Crippen LogP contribution in [0.25, 0.3) is 0 Å². The normalized spacial score (nSPS) is 12.4. The number of halogens is 2. The van der Waals surface area contributed by atoms with Crippen LogP contribution in [0.1, 0.15) is 27.9 Å². The first-order chi connectivity index (χ1) is 11.2. The Morgan fingerprint density at radius 1 is 1.29 bits per heavy atom. The number of benzene rings is 2. The molecule has 0 spiro atoms. The van der Waals surface area contributed by atoms with E-state index in [2.05, 4.69) is 10.6 Å². The van der Waals surface area contributed by atoms with E-state index in [0.29, 0.717) is 17.3 Å². The molecule has 6 heteroatoms. The molecular weight excluding hydrogens is 347 g/mol. The summed E-state index contributed by atoms with van der Waals surface area (Å²) in [6, 6.07) is 11.2. The number of fused-ring (bicyclic) bond motifs is 1. The standard InChI is InChI=1S/C18H19ClN2O2.ClH/c1-23-17-9-3-7-15(19)14(17)11-21-18(22)13-5-2-8-16-12(13)6-4-10-20-16;/h2-3,5,7-9,20H,4,6,10-11H2,1H3,(H,21,22);1H. The Labute approximate surface area is 153 Å². The molecule has 1 heterocycles. The minimum absolute atomic E-state index is 0. The Bertz CT molecular complexity index is 735. The molecule has 0 saturated carbocycles. The van der Waals surface area contributed by atoms with Gasteiger partial charge >= 0.3 is 0 Å². The second-order valence-corrected chi connectivity index (χ2v) is 5.87. The summed E-state index contributed by atoms with van der Waals surface area (Å²) in [5.74, 6) is 0.585. The summed E-state index contributed by atoms with van der Waals surface area (Å²) in [5.41, 5.74) is 3.65. The Kier molecular flexibility index (Phi) is 6.35. The van der Waals surface area contributed by atoms with Crippen molar-refractivity contribution in [1.82, 2.24) is 5.32 Å². The molecule has 4 nitrogen and oxygen atoms in total. The Hall–Kier alpha value is -1.91. The molecule has 24 heavy (non-hydrogen) atoms. The zero-order valence-corrected chi connectivity index (χ0v) is 15.0. The summed E-state index contributed by atoms with van der Waals surface area (Å²) in [4.78, 5) is 12.6. The predicted octanol–water partition coefficient (Wildman–Crippen LogP) is 4.06. The molecule has 2 aromatic rings. The van der Waals surface area contributed by atoms with Gasteiger partial charge in [-0.1, -0.05) is 23.7 Å². The maximum absolute atomic E-state index is 12.6. The lowest BCUT2D eigenvalue weighted by Crippen LogP contribution is -2.26. The van der Waals surface area contributed by atoms with Gasteiger partial charge < -0.3 is 15.4 Å². The third-order valence-corrected chi connectivity index (χ3v) is 4.42. The minimum atomic E-state index is -0.0903. The number of hydrogen-bond donors (Lipinski definition) is 2.